The lowest BCUT2D eigenvalue weighted by molar-refractivity contribution is -0.177. The molecule has 1 saturated heterocycles. The molecule has 1 aliphatic heterocycles. The highest BCUT2D eigenvalue weighted by molar-refractivity contribution is 6.01. The van der Waals surface area contributed by atoms with Gasteiger partial charge in [0, 0.05) is 12.8 Å². The first-order valence-corrected chi connectivity index (χ1v) is 8.22. The molecule has 1 aromatic rings. The van der Waals surface area contributed by atoms with Gasteiger partial charge in [-0.05, 0) is 43.4 Å². The van der Waals surface area contributed by atoms with Crippen LogP contribution >= 0.6 is 0 Å². The molecule has 4 rings (SSSR count). The number of hydroxylamine groups is 2. The number of fused-ring (bicyclic) bond motifs is 2. The molecule has 24 heavy (non-hydrogen) atoms. The number of nitrogens with zero attached hydrogens (tertiary/aromatic N) is 3. The SMILES string of the molecule is O=C(OCC1[C@H]2CCc3n[nH]nc3CC[C@@H]12)ON1C(=O)CCC1=O. The second-order valence-corrected chi connectivity index (χ2v) is 6.52. The smallest absolute Gasteiger partial charge is 0.432 e. The van der Waals surface area contributed by atoms with Crippen LogP contribution in [-0.2, 0) is 32.0 Å². The molecular weight excluding hydrogens is 316 g/mol. The Bertz CT molecular complexity index is 643. The van der Waals surface area contributed by atoms with Gasteiger partial charge in [-0.2, -0.15) is 15.4 Å². The standard InChI is InChI=1S/C15H18N4O5/c20-13-5-6-14(21)19(13)24-15(22)23-7-10-8-1-3-11-12(17-18-16-11)4-2-9(8)10/h8-10H,1-7H2,(H,16,17,18)/t8-,9+,10?. The average molecular weight is 334 g/mol. The number of carbonyl (C=O) groups is 3. The zero-order valence-corrected chi connectivity index (χ0v) is 13.1. The number of ether oxygens (including phenoxy) is 1. The summed E-state index contributed by atoms with van der Waals surface area (Å²) in [5.74, 6) is 0.310. The van der Waals surface area contributed by atoms with Gasteiger partial charge in [0.05, 0.1) is 18.0 Å². The highest BCUT2D eigenvalue weighted by Crippen LogP contribution is 2.52. The van der Waals surface area contributed by atoms with Crippen molar-refractivity contribution in [3.8, 4) is 0 Å². The fraction of sp³-hybridized carbons (Fsp3) is 0.667. The van der Waals surface area contributed by atoms with E-state index in [-0.39, 0.29) is 19.4 Å². The number of aromatic amines is 1. The Morgan fingerprint density at radius 2 is 1.62 bits per heavy atom. The molecule has 9 heteroatoms. The van der Waals surface area contributed by atoms with Gasteiger partial charge >= 0.3 is 6.16 Å². The molecular formula is C15H18N4O5. The summed E-state index contributed by atoms with van der Waals surface area (Å²) < 4.78 is 5.11. The molecule has 9 nitrogen and oxygen atoms in total. The van der Waals surface area contributed by atoms with E-state index in [4.69, 9.17) is 9.57 Å². The third-order valence-electron chi connectivity index (χ3n) is 5.21. The number of hydrogen-bond acceptors (Lipinski definition) is 7. The molecule has 1 unspecified atom stereocenters. The lowest BCUT2D eigenvalue weighted by Gasteiger charge is -2.12. The number of carbonyl (C=O) groups excluding carboxylic acids is 3. The van der Waals surface area contributed by atoms with Crippen molar-refractivity contribution < 1.29 is 24.0 Å². The number of rotatable bonds is 3. The van der Waals surface area contributed by atoms with Crippen molar-refractivity contribution in [3.05, 3.63) is 11.4 Å². The summed E-state index contributed by atoms with van der Waals surface area (Å²) in [6.07, 6.45) is 2.90. The number of amides is 2. The highest BCUT2D eigenvalue weighted by Gasteiger charge is 2.50. The van der Waals surface area contributed by atoms with Crippen LogP contribution in [-0.4, -0.2) is 45.1 Å². The number of hydrogen-bond donors (Lipinski definition) is 1. The van der Waals surface area contributed by atoms with E-state index in [9.17, 15) is 14.4 Å². The molecule has 0 aromatic carbocycles. The van der Waals surface area contributed by atoms with Crippen LogP contribution in [0.4, 0.5) is 4.79 Å². The second-order valence-electron chi connectivity index (χ2n) is 6.52. The number of aryl methyl sites for hydroxylation is 2. The quantitative estimate of drug-likeness (QED) is 0.641. The number of aromatic nitrogens is 3. The van der Waals surface area contributed by atoms with Crippen molar-refractivity contribution in [1.29, 1.82) is 0 Å². The van der Waals surface area contributed by atoms with E-state index >= 15 is 0 Å². The largest absolute Gasteiger partial charge is 0.533 e. The summed E-state index contributed by atoms with van der Waals surface area (Å²) in [7, 11) is 0. The van der Waals surface area contributed by atoms with Gasteiger partial charge in [-0.3, -0.25) is 14.4 Å². The Morgan fingerprint density at radius 1 is 1.04 bits per heavy atom. The monoisotopic (exact) mass is 334 g/mol. The highest BCUT2D eigenvalue weighted by atomic mass is 16.8. The van der Waals surface area contributed by atoms with E-state index in [0.717, 1.165) is 37.1 Å². The van der Waals surface area contributed by atoms with Crippen LogP contribution < -0.4 is 0 Å². The van der Waals surface area contributed by atoms with E-state index in [2.05, 4.69) is 15.4 Å². The van der Waals surface area contributed by atoms with E-state index in [1.807, 2.05) is 0 Å². The van der Waals surface area contributed by atoms with Crippen LogP contribution in [0.3, 0.4) is 0 Å². The van der Waals surface area contributed by atoms with Crippen LogP contribution in [0.15, 0.2) is 0 Å². The summed E-state index contributed by atoms with van der Waals surface area (Å²) in [4.78, 5) is 39.2. The van der Waals surface area contributed by atoms with Crippen molar-refractivity contribution in [2.75, 3.05) is 6.61 Å². The maximum Gasteiger partial charge on any atom is 0.533 e. The average Bonchev–Trinajstić information content (AvgIpc) is 2.83. The maximum atomic E-state index is 11.7. The Balaban J connectivity index is 1.26. The Morgan fingerprint density at radius 3 is 2.21 bits per heavy atom. The molecule has 2 fully saturated rings. The van der Waals surface area contributed by atoms with Crippen molar-refractivity contribution in [1.82, 2.24) is 20.5 Å². The maximum absolute atomic E-state index is 11.7. The van der Waals surface area contributed by atoms with Gasteiger partial charge in [0.25, 0.3) is 11.8 Å². The minimum absolute atomic E-state index is 0.0709. The summed E-state index contributed by atoms with van der Waals surface area (Å²) in [5.41, 5.74) is 2.07. The predicted molar refractivity (Wildman–Crippen MR) is 77.0 cm³/mol. The zero-order valence-electron chi connectivity index (χ0n) is 13.1. The minimum Gasteiger partial charge on any atom is -0.432 e. The van der Waals surface area contributed by atoms with Crippen molar-refractivity contribution in [3.63, 3.8) is 0 Å². The first-order chi connectivity index (χ1) is 11.6. The first kappa shape index (κ1) is 15.1. The molecule has 0 bridgehead atoms. The van der Waals surface area contributed by atoms with Crippen molar-refractivity contribution >= 4 is 18.0 Å². The lowest BCUT2D eigenvalue weighted by Crippen LogP contribution is -2.32. The molecule has 1 aromatic heterocycles. The molecule has 0 spiro atoms. The molecule has 0 radical (unpaired) electrons. The fourth-order valence-corrected chi connectivity index (χ4v) is 3.83. The molecule has 2 amide bonds. The Kier molecular flexibility index (Phi) is 3.70. The molecule has 3 aliphatic rings. The van der Waals surface area contributed by atoms with E-state index in [1.54, 1.807) is 0 Å². The third kappa shape index (κ3) is 2.74. The number of nitrogens with one attached hydrogen (secondary N) is 1. The molecule has 1 saturated carbocycles. The van der Waals surface area contributed by atoms with Crippen molar-refractivity contribution in [2.45, 2.75) is 38.5 Å². The number of H-pyrrole nitrogens is 1. The molecule has 3 atom stereocenters. The fourth-order valence-electron chi connectivity index (χ4n) is 3.83. The lowest BCUT2D eigenvalue weighted by atomic mass is 10.0. The first-order valence-electron chi connectivity index (χ1n) is 8.22. The van der Waals surface area contributed by atoms with E-state index in [0.29, 0.717) is 22.8 Å². The van der Waals surface area contributed by atoms with E-state index in [1.165, 1.54) is 0 Å². The van der Waals surface area contributed by atoms with Gasteiger partial charge in [-0.15, -0.1) is 0 Å². The van der Waals surface area contributed by atoms with Gasteiger partial charge in [0.2, 0.25) is 0 Å². The summed E-state index contributed by atoms with van der Waals surface area (Å²) >= 11 is 0. The molecule has 128 valence electrons. The molecule has 1 N–H and O–H groups in total. The normalized spacial score (nSPS) is 28.7. The van der Waals surface area contributed by atoms with Crippen LogP contribution in [0.25, 0.3) is 0 Å². The second kappa shape index (κ2) is 5.88. The molecule has 2 aliphatic carbocycles. The third-order valence-corrected chi connectivity index (χ3v) is 5.21. The molecule has 2 heterocycles. The summed E-state index contributed by atoms with van der Waals surface area (Å²) in [5, 5.41) is 11.5. The van der Waals surface area contributed by atoms with Crippen molar-refractivity contribution in [2.24, 2.45) is 17.8 Å². The van der Waals surface area contributed by atoms with E-state index < -0.39 is 18.0 Å². The zero-order chi connectivity index (χ0) is 16.7. The van der Waals surface area contributed by atoms with Gasteiger partial charge in [-0.25, -0.2) is 4.79 Å². The number of imide groups is 1. The van der Waals surface area contributed by atoms with Gasteiger partial charge < -0.3 is 4.74 Å². The summed E-state index contributed by atoms with van der Waals surface area (Å²) in [6.45, 7) is 0.252. The van der Waals surface area contributed by atoms with Gasteiger partial charge in [0.1, 0.15) is 0 Å². The van der Waals surface area contributed by atoms with Crippen LogP contribution in [0.2, 0.25) is 0 Å². The predicted octanol–water partition coefficient (Wildman–Crippen LogP) is 0.763. The summed E-state index contributed by atoms with van der Waals surface area (Å²) in [6, 6.07) is 0. The van der Waals surface area contributed by atoms with Crippen LogP contribution in [0.5, 0.6) is 0 Å². The Hall–Kier alpha value is -2.45. The minimum atomic E-state index is -0.993. The van der Waals surface area contributed by atoms with Gasteiger partial charge in [-0.1, -0.05) is 5.06 Å². The van der Waals surface area contributed by atoms with Gasteiger partial charge in [0.15, 0.2) is 0 Å². The van der Waals surface area contributed by atoms with Crippen LogP contribution in [0.1, 0.15) is 37.1 Å². The topological polar surface area (TPSA) is 114 Å². The Labute approximate surface area is 137 Å². The van der Waals surface area contributed by atoms with Crippen LogP contribution in [0, 0.1) is 17.8 Å².